The van der Waals surface area contributed by atoms with E-state index in [4.69, 9.17) is 0 Å². The van der Waals surface area contributed by atoms with Crippen LogP contribution in [-0.4, -0.2) is 0 Å². The molecule has 0 heterocycles. The number of benzene rings is 5. The van der Waals surface area contributed by atoms with Gasteiger partial charge in [0.1, 0.15) is 0 Å². The lowest BCUT2D eigenvalue weighted by Gasteiger charge is -2.22. The molecule has 0 aliphatic heterocycles. The summed E-state index contributed by atoms with van der Waals surface area (Å²) in [5, 5.41) is 0. The Morgan fingerprint density at radius 1 is 0.438 bits per heavy atom. The second-order valence-electron chi connectivity index (χ2n) is 8.55. The van der Waals surface area contributed by atoms with Gasteiger partial charge in [-0.15, -0.1) is 0 Å². The van der Waals surface area contributed by atoms with Gasteiger partial charge in [0.05, 0.1) is 0 Å². The van der Waals surface area contributed by atoms with Crippen molar-refractivity contribution in [2.24, 2.45) is 0 Å². The van der Waals surface area contributed by atoms with Crippen LogP contribution in [0.3, 0.4) is 0 Å². The molecule has 0 fully saturated rings. The standard InChI is InChI=1S/C32H24/c1-3-11-23(12-4-1)32(24-13-5-2-6-14-24)30-18-10-9-16-28(30)27-20-19-26-21-25-15-7-8-17-29(25)31(26)22-27/h1-20,22,32H,21H2. The topological polar surface area (TPSA) is 0 Å². The first-order chi connectivity index (χ1) is 15.9. The molecule has 152 valence electrons. The average Bonchev–Trinajstić information content (AvgIpc) is 3.24. The van der Waals surface area contributed by atoms with E-state index < -0.39 is 0 Å². The Balaban J connectivity index is 1.53. The molecular formula is C32H24. The smallest absolute Gasteiger partial charge is 0.0346 e. The zero-order chi connectivity index (χ0) is 21.3. The number of hydrogen-bond acceptors (Lipinski definition) is 0. The number of hydrogen-bond donors (Lipinski definition) is 0. The molecular weight excluding hydrogens is 384 g/mol. The first kappa shape index (κ1) is 18.8. The van der Waals surface area contributed by atoms with Crippen LogP contribution in [-0.2, 0) is 6.42 Å². The minimum atomic E-state index is 0.189. The van der Waals surface area contributed by atoms with Gasteiger partial charge in [-0.25, -0.2) is 0 Å². The van der Waals surface area contributed by atoms with E-state index in [0.717, 1.165) is 6.42 Å². The molecule has 0 N–H and O–H groups in total. The van der Waals surface area contributed by atoms with E-state index in [1.165, 1.54) is 50.1 Å². The first-order valence-electron chi connectivity index (χ1n) is 11.3. The van der Waals surface area contributed by atoms with Crippen LogP contribution >= 0.6 is 0 Å². The van der Waals surface area contributed by atoms with Crippen molar-refractivity contribution >= 4 is 0 Å². The van der Waals surface area contributed by atoms with Gasteiger partial charge in [0.25, 0.3) is 0 Å². The lowest BCUT2D eigenvalue weighted by molar-refractivity contribution is 0.980. The van der Waals surface area contributed by atoms with Crippen LogP contribution in [0.25, 0.3) is 22.3 Å². The van der Waals surface area contributed by atoms with Crippen LogP contribution in [0.4, 0.5) is 0 Å². The van der Waals surface area contributed by atoms with E-state index in [1.807, 2.05) is 0 Å². The Hall–Kier alpha value is -3.90. The third-order valence-corrected chi connectivity index (χ3v) is 6.65. The largest absolute Gasteiger partial charge is 0.0622 e. The summed E-state index contributed by atoms with van der Waals surface area (Å²) in [5.74, 6) is 0.189. The van der Waals surface area contributed by atoms with E-state index in [9.17, 15) is 0 Å². The van der Waals surface area contributed by atoms with Crippen LogP contribution < -0.4 is 0 Å². The van der Waals surface area contributed by atoms with E-state index in [0.29, 0.717) is 0 Å². The highest BCUT2D eigenvalue weighted by molar-refractivity contribution is 5.82. The molecule has 0 nitrogen and oxygen atoms in total. The molecule has 6 rings (SSSR count). The average molecular weight is 409 g/mol. The molecule has 32 heavy (non-hydrogen) atoms. The highest BCUT2D eigenvalue weighted by Gasteiger charge is 2.22. The fraction of sp³-hybridized carbons (Fsp3) is 0.0625. The Labute approximate surface area is 189 Å². The fourth-order valence-corrected chi connectivity index (χ4v) is 5.15. The molecule has 1 aliphatic rings. The molecule has 0 bridgehead atoms. The quantitative estimate of drug-likeness (QED) is 0.258. The van der Waals surface area contributed by atoms with Gasteiger partial charge in [0.2, 0.25) is 0 Å². The number of rotatable bonds is 4. The van der Waals surface area contributed by atoms with Crippen LogP contribution in [0.1, 0.15) is 33.7 Å². The fourth-order valence-electron chi connectivity index (χ4n) is 5.15. The van der Waals surface area contributed by atoms with E-state index in [-0.39, 0.29) is 5.92 Å². The summed E-state index contributed by atoms with van der Waals surface area (Å²) in [5.41, 5.74) is 12.2. The van der Waals surface area contributed by atoms with Crippen LogP contribution in [0.15, 0.2) is 127 Å². The molecule has 0 aromatic heterocycles. The normalized spacial score (nSPS) is 11.9. The molecule has 0 amide bonds. The van der Waals surface area contributed by atoms with Gasteiger partial charge >= 0.3 is 0 Å². The van der Waals surface area contributed by atoms with Crippen molar-refractivity contribution in [3.8, 4) is 22.3 Å². The Kier molecular flexibility index (Phi) is 4.70. The third-order valence-electron chi connectivity index (χ3n) is 6.65. The van der Waals surface area contributed by atoms with E-state index in [2.05, 4.69) is 127 Å². The van der Waals surface area contributed by atoms with Crippen LogP contribution in [0.2, 0.25) is 0 Å². The van der Waals surface area contributed by atoms with Gasteiger partial charge in [-0.05, 0) is 62.6 Å². The molecule has 0 radical (unpaired) electrons. The van der Waals surface area contributed by atoms with Gasteiger partial charge in [-0.2, -0.15) is 0 Å². The summed E-state index contributed by atoms with van der Waals surface area (Å²) < 4.78 is 0. The predicted octanol–water partition coefficient (Wildman–Crippen LogP) is 8.11. The lowest BCUT2D eigenvalue weighted by atomic mass is 9.81. The maximum absolute atomic E-state index is 2.40. The Morgan fingerprint density at radius 3 is 1.72 bits per heavy atom. The third kappa shape index (κ3) is 3.25. The minimum Gasteiger partial charge on any atom is -0.0622 e. The van der Waals surface area contributed by atoms with Crippen molar-refractivity contribution in [2.45, 2.75) is 12.3 Å². The Bertz CT molecular complexity index is 1340. The summed E-state index contributed by atoms with van der Waals surface area (Å²) >= 11 is 0. The SMILES string of the molecule is c1ccc(C(c2ccccc2)c2ccccc2-c2ccc3c(c2)-c2ccccc2C3)cc1. The Morgan fingerprint density at radius 2 is 1.00 bits per heavy atom. The van der Waals surface area contributed by atoms with Gasteiger partial charge < -0.3 is 0 Å². The van der Waals surface area contributed by atoms with Gasteiger partial charge in [-0.1, -0.05) is 121 Å². The second kappa shape index (κ2) is 7.98. The maximum atomic E-state index is 2.40. The second-order valence-corrected chi connectivity index (χ2v) is 8.55. The summed E-state index contributed by atoms with van der Waals surface area (Å²) in [7, 11) is 0. The maximum Gasteiger partial charge on any atom is 0.0346 e. The summed E-state index contributed by atoms with van der Waals surface area (Å²) in [6.07, 6.45) is 1.03. The molecule has 5 aromatic rings. The van der Waals surface area contributed by atoms with Crippen LogP contribution in [0, 0.1) is 0 Å². The molecule has 5 aromatic carbocycles. The summed E-state index contributed by atoms with van der Waals surface area (Å²) in [4.78, 5) is 0. The van der Waals surface area contributed by atoms with Crippen molar-refractivity contribution < 1.29 is 0 Å². The molecule has 0 atom stereocenters. The molecule has 1 aliphatic carbocycles. The zero-order valence-electron chi connectivity index (χ0n) is 17.9. The van der Waals surface area contributed by atoms with Gasteiger partial charge in [0, 0.05) is 5.92 Å². The minimum absolute atomic E-state index is 0.189. The lowest BCUT2D eigenvalue weighted by Crippen LogP contribution is -2.05. The predicted molar refractivity (Wildman–Crippen MR) is 134 cm³/mol. The molecule has 0 saturated heterocycles. The van der Waals surface area contributed by atoms with Gasteiger partial charge in [-0.3, -0.25) is 0 Å². The summed E-state index contributed by atoms with van der Waals surface area (Å²) in [6.45, 7) is 0. The van der Waals surface area contributed by atoms with Crippen molar-refractivity contribution in [1.82, 2.24) is 0 Å². The van der Waals surface area contributed by atoms with E-state index >= 15 is 0 Å². The zero-order valence-corrected chi connectivity index (χ0v) is 17.9. The molecule has 0 unspecified atom stereocenters. The first-order valence-corrected chi connectivity index (χ1v) is 11.3. The van der Waals surface area contributed by atoms with Crippen molar-refractivity contribution in [3.63, 3.8) is 0 Å². The van der Waals surface area contributed by atoms with Crippen molar-refractivity contribution in [2.75, 3.05) is 0 Å². The monoisotopic (exact) mass is 408 g/mol. The van der Waals surface area contributed by atoms with Gasteiger partial charge in [0.15, 0.2) is 0 Å². The van der Waals surface area contributed by atoms with Crippen LogP contribution in [0.5, 0.6) is 0 Å². The summed E-state index contributed by atoms with van der Waals surface area (Å²) in [6, 6.07) is 46.4. The molecule has 0 saturated carbocycles. The highest BCUT2D eigenvalue weighted by atomic mass is 14.3. The van der Waals surface area contributed by atoms with E-state index in [1.54, 1.807) is 0 Å². The van der Waals surface area contributed by atoms with Crippen molar-refractivity contribution in [1.29, 1.82) is 0 Å². The van der Waals surface area contributed by atoms with Crippen molar-refractivity contribution in [3.05, 3.63) is 155 Å². The number of fused-ring (bicyclic) bond motifs is 3. The molecule has 0 heteroatoms. The highest BCUT2D eigenvalue weighted by Crippen LogP contribution is 2.42. The molecule has 0 spiro atoms.